The third-order valence-electron chi connectivity index (χ3n) is 2.26. The molecule has 17 heavy (non-hydrogen) atoms. The summed E-state index contributed by atoms with van der Waals surface area (Å²) < 4.78 is 17.3. The van der Waals surface area contributed by atoms with Crippen LogP contribution in [0.3, 0.4) is 0 Å². The van der Waals surface area contributed by atoms with Gasteiger partial charge in [0.2, 0.25) is 5.91 Å². The van der Waals surface area contributed by atoms with Crippen LogP contribution in [0.15, 0.2) is 24.3 Å². The molecule has 0 radical (unpaired) electrons. The molecule has 1 amide bonds. The fourth-order valence-corrected chi connectivity index (χ4v) is 1.30. The van der Waals surface area contributed by atoms with Crippen LogP contribution in [0.2, 0.25) is 0 Å². The van der Waals surface area contributed by atoms with Crippen LogP contribution in [0.25, 0.3) is 0 Å². The van der Waals surface area contributed by atoms with Crippen LogP contribution in [0.1, 0.15) is 5.56 Å². The summed E-state index contributed by atoms with van der Waals surface area (Å²) in [5, 5.41) is 0. The number of hydrogen-bond acceptors (Lipinski definition) is 3. The van der Waals surface area contributed by atoms with Crippen molar-refractivity contribution >= 4 is 11.9 Å². The first-order chi connectivity index (χ1) is 8.02. The normalized spacial score (nSPS) is 9.82. The summed E-state index contributed by atoms with van der Waals surface area (Å²) in [6.45, 7) is -0.106. The second-order valence-corrected chi connectivity index (χ2v) is 3.63. The van der Waals surface area contributed by atoms with Crippen molar-refractivity contribution in [3.8, 4) is 0 Å². The van der Waals surface area contributed by atoms with Crippen molar-refractivity contribution in [3.05, 3.63) is 35.6 Å². The molecule has 4 nitrogen and oxygen atoms in total. The second kappa shape index (κ2) is 5.98. The number of likely N-dealkylation sites (N-methyl/N-ethyl adjacent to an activating group) is 1. The van der Waals surface area contributed by atoms with Crippen LogP contribution < -0.4 is 0 Å². The average molecular weight is 239 g/mol. The van der Waals surface area contributed by atoms with Gasteiger partial charge in [0.1, 0.15) is 12.4 Å². The van der Waals surface area contributed by atoms with Crippen molar-refractivity contribution < 1.29 is 18.7 Å². The van der Waals surface area contributed by atoms with Gasteiger partial charge in [-0.1, -0.05) is 12.1 Å². The molecule has 0 bridgehead atoms. The molecule has 1 aromatic rings. The van der Waals surface area contributed by atoms with Gasteiger partial charge in [0, 0.05) is 7.05 Å². The van der Waals surface area contributed by atoms with Gasteiger partial charge in [0.15, 0.2) is 0 Å². The Balaban J connectivity index is 2.57. The molecular formula is C12H14FNO3. The molecule has 0 aromatic heterocycles. The van der Waals surface area contributed by atoms with Crippen LogP contribution in [-0.4, -0.2) is 37.5 Å². The van der Waals surface area contributed by atoms with E-state index in [4.69, 9.17) is 0 Å². The van der Waals surface area contributed by atoms with E-state index in [0.29, 0.717) is 5.56 Å². The molecular weight excluding hydrogens is 225 g/mol. The van der Waals surface area contributed by atoms with Gasteiger partial charge in [0.25, 0.3) is 0 Å². The number of benzene rings is 1. The van der Waals surface area contributed by atoms with Gasteiger partial charge >= 0.3 is 5.97 Å². The zero-order valence-electron chi connectivity index (χ0n) is 9.77. The van der Waals surface area contributed by atoms with E-state index in [1.54, 1.807) is 6.07 Å². The number of rotatable bonds is 4. The Morgan fingerprint density at radius 3 is 2.71 bits per heavy atom. The standard InChI is InChI=1S/C12H14FNO3/c1-14(8-12(16)17-2)11(15)7-9-4-3-5-10(13)6-9/h3-6H,7-8H2,1-2H3. The summed E-state index contributed by atoms with van der Waals surface area (Å²) in [6, 6.07) is 5.81. The number of nitrogens with zero attached hydrogens (tertiary/aromatic N) is 1. The predicted octanol–water partition coefficient (Wildman–Crippen LogP) is 1.000. The fraction of sp³-hybridized carbons (Fsp3) is 0.333. The highest BCUT2D eigenvalue weighted by Gasteiger charge is 2.13. The molecule has 0 saturated heterocycles. The Bertz CT molecular complexity index is 420. The summed E-state index contributed by atoms with van der Waals surface area (Å²) in [6.07, 6.45) is 0.0608. The largest absolute Gasteiger partial charge is 0.468 e. The van der Waals surface area contributed by atoms with E-state index in [2.05, 4.69) is 4.74 Å². The van der Waals surface area contributed by atoms with E-state index in [-0.39, 0.29) is 24.7 Å². The lowest BCUT2D eigenvalue weighted by atomic mass is 10.1. The summed E-state index contributed by atoms with van der Waals surface area (Å²) in [4.78, 5) is 23.9. The minimum Gasteiger partial charge on any atom is -0.468 e. The number of amides is 1. The molecule has 0 aliphatic rings. The van der Waals surface area contributed by atoms with Crippen LogP contribution in [0.5, 0.6) is 0 Å². The van der Waals surface area contributed by atoms with Crippen LogP contribution in [-0.2, 0) is 20.7 Å². The Morgan fingerprint density at radius 2 is 2.12 bits per heavy atom. The zero-order chi connectivity index (χ0) is 12.8. The Labute approximate surface area is 99.0 Å². The molecule has 0 aliphatic carbocycles. The number of esters is 1. The highest BCUT2D eigenvalue weighted by Crippen LogP contribution is 2.05. The van der Waals surface area contributed by atoms with Crippen molar-refractivity contribution in [1.82, 2.24) is 4.90 Å². The molecule has 0 N–H and O–H groups in total. The van der Waals surface area contributed by atoms with E-state index in [1.165, 1.54) is 37.3 Å². The maximum absolute atomic E-state index is 12.9. The molecule has 0 unspecified atom stereocenters. The van der Waals surface area contributed by atoms with Gasteiger partial charge in [-0.05, 0) is 17.7 Å². The second-order valence-electron chi connectivity index (χ2n) is 3.63. The van der Waals surface area contributed by atoms with Gasteiger partial charge in [0.05, 0.1) is 13.5 Å². The first-order valence-corrected chi connectivity index (χ1v) is 5.08. The quantitative estimate of drug-likeness (QED) is 0.736. The van der Waals surface area contributed by atoms with Crippen molar-refractivity contribution in [2.45, 2.75) is 6.42 Å². The molecule has 1 rings (SSSR count). The predicted molar refractivity (Wildman–Crippen MR) is 59.8 cm³/mol. The van der Waals surface area contributed by atoms with Crippen molar-refractivity contribution in [1.29, 1.82) is 0 Å². The number of halogens is 1. The highest BCUT2D eigenvalue weighted by molar-refractivity contribution is 5.83. The first kappa shape index (κ1) is 13.2. The SMILES string of the molecule is COC(=O)CN(C)C(=O)Cc1cccc(F)c1. The average Bonchev–Trinajstić information content (AvgIpc) is 2.28. The molecule has 0 spiro atoms. The van der Waals surface area contributed by atoms with Crippen molar-refractivity contribution in [3.63, 3.8) is 0 Å². The number of carbonyl (C=O) groups excluding carboxylic acids is 2. The van der Waals surface area contributed by atoms with Gasteiger partial charge in [-0.2, -0.15) is 0 Å². The molecule has 0 saturated carbocycles. The minimum atomic E-state index is -0.486. The number of hydrogen-bond donors (Lipinski definition) is 0. The number of methoxy groups -OCH3 is 1. The molecule has 1 aromatic carbocycles. The maximum Gasteiger partial charge on any atom is 0.325 e. The molecule has 0 fully saturated rings. The zero-order valence-corrected chi connectivity index (χ0v) is 9.77. The number of carbonyl (C=O) groups is 2. The van der Waals surface area contributed by atoms with E-state index < -0.39 is 5.97 Å². The monoisotopic (exact) mass is 239 g/mol. The van der Waals surface area contributed by atoms with E-state index >= 15 is 0 Å². The Morgan fingerprint density at radius 1 is 1.41 bits per heavy atom. The number of ether oxygens (including phenoxy) is 1. The van der Waals surface area contributed by atoms with Crippen LogP contribution >= 0.6 is 0 Å². The topological polar surface area (TPSA) is 46.6 Å². The smallest absolute Gasteiger partial charge is 0.325 e. The maximum atomic E-state index is 12.9. The van der Waals surface area contributed by atoms with Gasteiger partial charge in [-0.15, -0.1) is 0 Å². The summed E-state index contributed by atoms with van der Waals surface area (Å²) in [7, 11) is 2.76. The highest BCUT2D eigenvalue weighted by atomic mass is 19.1. The van der Waals surface area contributed by atoms with Crippen LogP contribution in [0, 0.1) is 5.82 Å². The van der Waals surface area contributed by atoms with Gasteiger partial charge in [-0.25, -0.2) is 4.39 Å². The summed E-state index contributed by atoms with van der Waals surface area (Å²) >= 11 is 0. The van der Waals surface area contributed by atoms with E-state index in [1.807, 2.05) is 0 Å². The molecule has 92 valence electrons. The first-order valence-electron chi connectivity index (χ1n) is 5.08. The molecule has 0 aliphatic heterocycles. The lowest BCUT2D eigenvalue weighted by Crippen LogP contribution is -2.33. The lowest BCUT2D eigenvalue weighted by molar-refractivity contribution is -0.145. The lowest BCUT2D eigenvalue weighted by Gasteiger charge is -2.15. The third kappa shape index (κ3) is 4.22. The van der Waals surface area contributed by atoms with Gasteiger partial charge in [-0.3, -0.25) is 9.59 Å². The van der Waals surface area contributed by atoms with Gasteiger partial charge < -0.3 is 9.64 Å². The third-order valence-corrected chi connectivity index (χ3v) is 2.26. The summed E-state index contributed by atoms with van der Waals surface area (Å²) in [5.41, 5.74) is 0.576. The van der Waals surface area contributed by atoms with E-state index in [9.17, 15) is 14.0 Å². The Kier molecular flexibility index (Phi) is 4.63. The minimum absolute atomic E-state index is 0.0608. The van der Waals surface area contributed by atoms with Crippen molar-refractivity contribution in [2.24, 2.45) is 0 Å². The summed E-state index contributed by atoms with van der Waals surface area (Å²) in [5.74, 6) is -1.13. The molecule has 5 heteroatoms. The van der Waals surface area contributed by atoms with E-state index in [0.717, 1.165) is 0 Å². The molecule has 0 heterocycles. The van der Waals surface area contributed by atoms with Crippen molar-refractivity contribution in [2.75, 3.05) is 20.7 Å². The van der Waals surface area contributed by atoms with Crippen LogP contribution in [0.4, 0.5) is 4.39 Å². The fourth-order valence-electron chi connectivity index (χ4n) is 1.30. The molecule has 0 atom stereocenters. The Hall–Kier alpha value is -1.91.